The zero-order valence-corrected chi connectivity index (χ0v) is 14.4. The van der Waals surface area contributed by atoms with Crippen LogP contribution in [-0.2, 0) is 4.79 Å². The number of imidazole rings is 1. The molecule has 3 aromatic rings. The summed E-state index contributed by atoms with van der Waals surface area (Å²) in [5, 5.41) is 2.79. The first-order valence-corrected chi connectivity index (χ1v) is 8.11. The van der Waals surface area contributed by atoms with E-state index in [1.165, 1.54) is 24.3 Å². The molecule has 0 aliphatic rings. The van der Waals surface area contributed by atoms with Crippen LogP contribution in [0, 0.1) is 12.7 Å². The Hall–Kier alpha value is -2.89. The Morgan fingerprint density at radius 3 is 2.64 bits per heavy atom. The van der Waals surface area contributed by atoms with Crippen molar-refractivity contribution in [3.63, 3.8) is 0 Å². The number of hydrogen-bond donors (Lipinski definition) is 1. The second-order valence-electron chi connectivity index (χ2n) is 6.12. The van der Waals surface area contributed by atoms with Gasteiger partial charge in [-0.25, -0.2) is 9.37 Å². The van der Waals surface area contributed by atoms with Crippen molar-refractivity contribution < 1.29 is 13.9 Å². The summed E-state index contributed by atoms with van der Waals surface area (Å²) in [7, 11) is 0. The molecule has 5 nitrogen and oxygen atoms in total. The number of anilines is 1. The minimum absolute atomic E-state index is 0.150. The average Bonchev–Trinajstić information content (AvgIpc) is 2.89. The topological polar surface area (TPSA) is 56.1 Å². The number of nitrogens with one attached hydrogen (secondary N) is 1. The van der Waals surface area contributed by atoms with Gasteiger partial charge in [-0.2, -0.15) is 0 Å². The lowest BCUT2D eigenvalue weighted by molar-refractivity contribution is -0.118. The van der Waals surface area contributed by atoms with Crippen molar-refractivity contribution in [3.05, 3.63) is 54.1 Å². The standard InChI is InChI=1S/C19H20FN3O2/c1-12(2)23-13(3)21-17-10-15(6-9-18(17)23)22-19(24)11-25-16-7-4-14(20)5-8-16/h4-10,12H,11H2,1-3H3,(H,22,24). The zero-order chi connectivity index (χ0) is 18.0. The van der Waals surface area contributed by atoms with E-state index in [4.69, 9.17) is 4.74 Å². The summed E-state index contributed by atoms with van der Waals surface area (Å²) in [5.41, 5.74) is 2.53. The number of hydrogen-bond acceptors (Lipinski definition) is 3. The lowest BCUT2D eigenvalue weighted by Crippen LogP contribution is -2.20. The van der Waals surface area contributed by atoms with Gasteiger partial charge in [0, 0.05) is 11.7 Å². The maximum Gasteiger partial charge on any atom is 0.262 e. The zero-order valence-electron chi connectivity index (χ0n) is 14.4. The van der Waals surface area contributed by atoms with Crippen LogP contribution in [0.25, 0.3) is 11.0 Å². The molecule has 1 aromatic heterocycles. The Kier molecular flexibility index (Phi) is 4.70. The van der Waals surface area contributed by atoms with E-state index >= 15 is 0 Å². The number of rotatable bonds is 5. The number of carbonyl (C=O) groups is 1. The number of nitrogens with zero attached hydrogens (tertiary/aromatic N) is 2. The van der Waals surface area contributed by atoms with E-state index in [1.54, 1.807) is 0 Å². The van der Waals surface area contributed by atoms with Crippen LogP contribution in [0.15, 0.2) is 42.5 Å². The van der Waals surface area contributed by atoms with Crippen LogP contribution in [0.3, 0.4) is 0 Å². The van der Waals surface area contributed by atoms with Gasteiger partial charge in [-0.05, 0) is 63.2 Å². The first-order chi connectivity index (χ1) is 11.9. The molecular weight excluding hydrogens is 321 g/mol. The van der Waals surface area contributed by atoms with Crippen molar-refractivity contribution in [1.82, 2.24) is 9.55 Å². The van der Waals surface area contributed by atoms with Crippen molar-refractivity contribution in [2.75, 3.05) is 11.9 Å². The normalized spacial score (nSPS) is 11.1. The third-order valence-electron chi connectivity index (χ3n) is 3.85. The predicted molar refractivity (Wildman–Crippen MR) is 95.4 cm³/mol. The van der Waals surface area contributed by atoms with Gasteiger partial charge in [0.2, 0.25) is 0 Å². The number of halogens is 1. The van der Waals surface area contributed by atoms with E-state index in [0.717, 1.165) is 16.9 Å². The fraction of sp³-hybridized carbons (Fsp3) is 0.263. The van der Waals surface area contributed by atoms with Gasteiger partial charge in [0.05, 0.1) is 11.0 Å². The van der Waals surface area contributed by atoms with E-state index in [9.17, 15) is 9.18 Å². The molecule has 1 N–H and O–H groups in total. The second kappa shape index (κ2) is 6.93. The smallest absolute Gasteiger partial charge is 0.262 e. The second-order valence-corrected chi connectivity index (χ2v) is 6.12. The summed E-state index contributed by atoms with van der Waals surface area (Å²) in [5.74, 6) is 0.747. The molecule has 0 radical (unpaired) electrons. The van der Waals surface area contributed by atoms with Gasteiger partial charge in [0.1, 0.15) is 17.4 Å². The average molecular weight is 341 g/mol. The molecule has 0 bridgehead atoms. The minimum atomic E-state index is -0.346. The molecule has 0 fully saturated rings. The molecule has 0 aliphatic carbocycles. The molecule has 0 spiro atoms. The number of fused-ring (bicyclic) bond motifs is 1. The fourth-order valence-electron chi connectivity index (χ4n) is 2.83. The van der Waals surface area contributed by atoms with Crippen LogP contribution in [0.5, 0.6) is 5.75 Å². The first kappa shape index (κ1) is 17.0. The molecule has 0 unspecified atom stereocenters. The van der Waals surface area contributed by atoms with E-state index < -0.39 is 0 Å². The Morgan fingerprint density at radius 1 is 1.24 bits per heavy atom. The van der Waals surface area contributed by atoms with Gasteiger partial charge in [0.25, 0.3) is 5.91 Å². The van der Waals surface area contributed by atoms with Gasteiger partial charge in [-0.3, -0.25) is 4.79 Å². The highest BCUT2D eigenvalue weighted by molar-refractivity contribution is 5.94. The van der Waals surface area contributed by atoms with Crippen LogP contribution in [-0.4, -0.2) is 22.1 Å². The van der Waals surface area contributed by atoms with Crippen LogP contribution < -0.4 is 10.1 Å². The predicted octanol–water partition coefficient (Wildman–Crippen LogP) is 4.08. The molecule has 130 valence electrons. The van der Waals surface area contributed by atoms with Crippen molar-refractivity contribution >= 4 is 22.6 Å². The molecule has 0 atom stereocenters. The SMILES string of the molecule is Cc1nc2cc(NC(=O)COc3ccc(F)cc3)ccc2n1C(C)C. The maximum absolute atomic E-state index is 12.8. The molecule has 2 aromatic carbocycles. The van der Waals surface area contributed by atoms with Gasteiger partial charge >= 0.3 is 0 Å². The Balaban J connectivity index is 1.68. The van der Waals surface area contributed by atoms with E-state index in [0.29, 0.717) is 17.5 Å². The number of ether oxygens (including phenoxy) is 1. The Bertz CT molecular complexity index is 901. The first-order valence-electron chi connectivity index (χ1n) is 8.11. The molecular formula is C19H20FN3O2. The van der Waals surface area contributed by atoms with Crippen molar-refractivity contribution in [2.45, 2.75) is 26.8 Å². The third-order valence-corrected chi connectivity index (χ3v) is 3.85. The Morgan fingerprint density at radius 2 is 1.96 bits per heavy atom. The number of benzene rings is 2. The van der Waals surface area contributed by atoms with Crippen LogP contribution in [0.1, 0.15) is 25.7 Å². The quantitative estimate of drug-likeness (QED) is 0.761. The molecule has 6 heteroatoms. The summed E-state index contributed by atoms with van der Waals surface area (Å²) >= 11 is 0. The number of aryl methyl sites for hydroxylation is 1. The van der Waals surface area contributed by atoms with Crippen LogP contribution in [0.4, 0.5) is 10.1 Å². The summed E-state index contributed by atoms with van der Waals surface area (Å²) in [6, 6.07) is 11.5. The van der Waals surface area contributed by atoms with Gasteiger partial charge in [-0.15, -0.1) is 0 Å². The van der Waals surface area contributed by atoms with Crippen molar-refractivity contribution in [2.24, 2.45) is 0 Å². The van der Waals surface area contributed by atoms with Crippen molar-refractivity contribution in [3.8, 4) is 5.75 Å². The maximum atomic E-state index is 12.8. The number of carbonyl (C=O) groups excluding carboxylic acids is 1. The van der Waals surface area contributed by atoms with Crippen LogP contribution >= 0.6 is 0 Å². The molecule has 0 aliphatic heterocycles. The minimum Gasteiger partial charge on any atom is -0.484 e. The fourth-order valence-corrected chi connectivity index (χ4v) is 2.83. The van der Waals surface area contributed by atoms with Crippen molar-refractivity contribution in [1.29, 1.82) is 0 Å². The molecule has 0 saturated carbocycles. The van der Waals surface area contributed by atoms with Gasteiger partial charge in [0.15, 0.2) is 6.61 Å². The van der Waals surface area contributed by atoms with E-state index in [1.807, 2.05) is 25.1 Å². The summed E-state index contributed by atoms with van der Waals surface area (Å²) in [4.78, 5) is 16.6. The molecule has 1 amide bonds. The molecule has 3 rings (SSSR count). The summed E-state index contributed by atoms with van der Waals surface area (Å²) in [6.07, 6.45) is 0. The Labute approximate surface area is 145 Å². The highest BCUT2D eigenvalue weighted by atomic mass is 19.1. The molecule has 1 heterocycles. The molecule has 0 saturated heterocycles. The van der Waals surface area contributed by atoms with Crippen LogP contribution in [0.2, 0.25) is 0 Å². The number of aromatic nitrogens is 2. The highest BCUT2D eigenvalue weighted by Crippen LogP contribution is 2.23. The highest BCUT2D eigenvalue weighted by Gasteiger charge is 2.11. The lowest BCUT2D eigenvalue weighted by atomic mass is 10.2. The van der Waals surface area contributed by atoms with E-state index in [-0.39, 0.29) is 18.3 Å². The van der Waals surface area contributed by atoms with E-state index in [2.05, 4.69) is 28.7 Å². The largest absolute Gasteiger partial charge is 0.484 e. The lowest BCUT2D eigenvalue weighted by Gasteiger charge is -2.11. The van der Waals surface area contributed by atoms with Gasteiger partial charge < -0.3 is 14.6 Å². The number of amides is 1. The molecule has 25 heavy (non-hydrogen) atoms. The monoisotopic (exact) mass is 341 g/mol. The summed E-state index contributed by atoms with van der Waals surface area (Å²) < 4.78 is 20.3. The van der Waals surface area contributed by atoms with Gasteiger partial charge in [-0.1, -0.05) is 0 Å². The summed E-state index contributed by atoms with van der Waals surface area (Å²) in [6.45, 7) is 6.03. The third kappa shape index (κ3) is 3.79.